The lowest BCUT2D eigenvalue weighted by Gasteiger charge is -2.34. The third-order valence-electron chi connectivity index (χ3n) is 7.09. The van der Waals surface area contributed by atoms with Gasteiger partial charge in [0.2, 0.25) is 0 Å². The maximum absolute atomic E-state index is 13.0. The molecule has 9 heteroatoms. The van der Waals surface area contributed by atoms with Crippen LogP contribution in [0.2, 0.25) is 0 Å². The molecule has 216 valence electrons. The quantitative estimate of drug-likeness (QED) is 0.301. The van der Waals surface area contributed by atoms with Gasteiger partial charge in [-0.1, -0.05) is 39.0 Å². The Morgan fingerprint density at radius 2 is 1.63 bits per heavy atom. The molecule has 1 heterocycles. The van der Waals surface area contributed by atoms with Crippen LogP contribution in [-0.4, -0.2) is 56.2 Å². The number of carbonyl (C=O) groups is 3. The minimum atomic E-state index is -0.494. The van der Waals surface area contributed by atoms with Gasteiger partial charge < -0.3 is 30.3 Å². The first-order valence-corrected chi connectivity index (χ1v) is 13.7. The number of hydrogen-bond acceptors (Lipinski definition) is 6. The highest BCUT2D eigenvalue weighted by Gasteiger charge is 2.25. The van der Waals surface area contributed by atoms with Gasteiger partial charge in [-0.3, -0.25) is 4.79 Å². The molecular weight excluding hydrogens is 520 g/mol. The fourth-order valence-electron chi connectivity index (χ4n) is 4.76. The van der Waals surface area contributed by atoms with Gasteiger partial charge in [0.25, 0.3) is 5.91 Å². The first-order chi connectivity index (χ1) is 19.6. The smallest absolute Gasteiger partial charge is 0.339 e. The summed E-state index contributed by atoms with van der Waals surface area (Å²) in [6.45, 7) is 7.42. The van der Waals surface area contributed by atoms with Gasteiger partial charge in [0, 0.05) is 42.1 Å². The first-order valence-electron chi connectivity index (χ1n) is 13.7. The maximum Gasteiger partial charge on any atom is 0.339 e. The molecule has 1 fully saturated rings. The summed E-state index contributed by atoms with van der Waals surface area (Å²) in [6, 6.07) is 19.4. The van der Waals surface area contributed by atoms with E-state index in [1.54, 1.807) is 36.3 Å². The average molecular weight is 559 g/mol. The SMILES string of the molecule is COC(=O)c1ccc(NC(=O)c2ccc(C(C)(C)C)cc2)cc1NC1CCCN(C(=O)Nc2cccc(OC)c2)C1. The Hall–Kier alpha value is -4.53. The number of methoxy groups -OCH3 is 2. The van der Waals surface area contributed by atoms with Crippen LogP contribution in [0.25, 0.3) is 0 Å². The average Bonchev–Trinajstić information content (AvgIpc) is 2.96. The second-order valence-electron chi connectivity index (χ2n) is 11.1. The van der Waals surface area contributed by atoms with E-state index in [2.05, 4.69) is 36.7 Å². The van der Waals surface area contributed by atoms with E-state index in [-0.39, 0.29) is 23.4 Å². The van der Waals surface area contributed by atoms with E-state index in [9.17, 15) is 14.4 Å². The van der Waals surface area contributed by atoms with Crippen LogP contribution in [0.3, 0.4) is 0 Å². The minimum Gasteiger partial charge on any atom is -0.497 e. The third-order valence-corrected chi connectivity index (χ3v) is 7.09. The Balaban J connectivity index is 1.47. The molecule has 1 aliphatic rings. The van der Waals surface area contributed by atoms with Gasteiger partial charge in [0.05, 0.1) is 25.5 Å². The van der Waals surface area contributed by atoms with Crippen molar-refractivity contribution in [2.24, 2.45) is 0 Å². The van der Waals surface area contributed by atoms with E-state index >= 15 is 0 Å². The Bertz CT molecular complexity index is 1400. The molecule has 41 heavy (non-hydrogen) atoms. The molecule has 3 N–H and O–H groups in total. The predicted molar refractivity (Wildman–Crippen MR) is 161 cm³/mol. The number of nitrogens with zero attached hydrogens (tertiary/aromatic N) is 1. The van der Waals surface area contributed by atoms with Crippen molar-refractivity contribution in [1.82, 2.24) is 4.90 Å². The highest BCUT2D eigenvalue weighted by atomic mass is 16.5. The number of ether oxygens (including phenoxy) is 2. The van der Waals surface area contributed by atoms with Crippen LogP contribution < -0.4 is 20.7 Å². The first kappa shape index (κ1) is 29.5. The topological polar surface area (TPSA) is 109 Å². The number of nitrogens with one attached hydrogen (secondary N) is 3. The van der Waals surface area contributed by atoms with Gasteiger partial charge in [0.1, 0.15) is 5.75 Å². The van der Waals surface area contributed by atoms with Crippen LogP contribution in [0.1, 0.15) is 59.9 Å². The van der Waals surface area contributed by atoms with Gasteiger partial charge >= 0.3 is 12.0 Å². The second-order valence-corrected chi connectivity index (χ2v) is 11.1. The zero-order valence-corrected chi connectivity index (χ0v) is 24.2. The fourth-order valence-corrected chi connectivity index (χ4v) is 4.76. The molecular formula is C32H38N4O5. The van der Waals surface area contributed by atoms with Crippen molar-refractivity contribution in [3.05, 3.63) is 83.4 Å². The van der Waals surface area contributed by atoms with Crippen molar-refractivity contribution in [3.63, 3.8) is 0 Å². The van der Waals surface area contributed by atoms with Gasteiger partial charge in [-0.15, -0.1) is 0 Å². The van der Waals surface area contributed by atoms with E-state index in [0.717, 1.165) is 18.4 Å². The largest absolute Gasteiger partial charge is 0.497 e. The molecule has 0 radical (unpaired) electrons. The number of carbonyl (C=O) groups excluding carboxylic acids is 3. The fraction of sp³-hybridized carbons (Fsp3) is 0.344. The number of rotatable bonds is 7. The number of likely N-dealkylation sites (tertiary alicyclic amines) is 1. The molecule has 9 nitrogen and oxygen atoms in total. The summed E-state index contributed by atoms with van der Waals surface area (Å²) in [5, 5.41) is 9.27. The van der Waals surface area contributed by atoms with Gasteiger partial charge in [-0.25, -0.2) is 9.59 Å². The molecule has 0 spiro atoms. The summed E-state index contributed by atoms with van der Waals surface area (Å²) in [6.07, 6.45) is 1.60. The lowest BCUT2D eigenvalue weighted by atomic mass is 9.87. The van der Waals surface area contributed by atoms with Crippen molar-refractivity contribution in [1.29, 1.82) is 0 Å². The molecule has 3 aromatic rings. The number of urea groups is 1. The Kier molecular flexibility index (Phi) is 9.17. The third kappa shape index (κ3) is 7.57. The number of amides is 3. The molecule has 3 amide bonds. The van der Waals surface area contributed by atoms with Crippen LogP contribution >= 0.6 is 0 Å². The summed E-state index contributed by atoms with van der Waals surface area (Å²) in [4.78, 5) is 40.3. The minimum absolute atomic E-state index is 0.0102. The van der Waals surface area contributed by atoms with Crippen molar-refractivity contribution >= 4 is 35.0 Å². The highest BCUT2D eigenvalue weighted by molar-refractivity contribution is 6.05. The number of piperidine rings is 1. The van der Waals surface area contributed by atoms with Gasteiger partial charge in [-0.05, 0) is 66.3 Å². The van der Waals surface area contributed by atoms with Crippen LogP contribution in [0.15, 0.2) is 66.7 Å². The molecule has 0 bridgehead atoms. The normalized spacial score (nSPS) is 15.0. The van der Waals surface area contributed by atoms with E-state index in [1.165, 1.54) is 7.11 Å². The number of hydrogen-bond donors (Lipinski definition) is 3. The molecule has 1 aliphatic heterocycles. The van der Waals surface area contributed by atoms with E-state index in [0.29, 0.717) is 47.0 Å². The molecule has 1 unspecified atom stereocenters. The Morgan fingerprint density at radius 1 is 0.902 bits per heavy atom. The van der Waals surface area contributed by atoms with E-state index < -0.39 is 5.97 Å². The molecule has 0 aliphatic carbocycles. The molecule has 0 aromatic heterocycles. The lowest BCUT2D eigenvalue weighted by molar-refractivity contribution is 0.0601. The monoisotopic (exact) mass is 558 g/mol. The Labute approximate surface area is 241 Å². The lowest BCUT2D eigenvalue weighted by Crippen LogP contribution is -2.47. The van der Waals surface area contributed by atoms with E-state index in [1.807, 2.05) is 42.5 Å². The van der Waals surface area contributed by atoms with Crippen LogP contribution in [-0.2, 0) is 10.2 Å². The van der Waals surface area contributed by atoms with Crippen LogP contribution in [0, 0.1) is 0 Å². The summed E-state index contributed by atoms with van der Waals surface area (Å²) >= 11 is 0. The maximum atomic E-state index is 13.0. The predicted octanol–water partition coefficient (Wildman–Crippen LogP) is 6.14. The second kappa shape index (κ2) is 12.8. The van der Waals surface area contributed by atoms with Gasteiger partial charge in [-0.2, -0.15) is 0 Å². The molecule has 0 saturated carbocycles. The molecule has 4 rings (SSSR count). The van der Waals surface area contributed by atoms with Crippen molar-refractivity contribution in [3.8, 4) is 5.75 Å². The van der Waals surface area contributed by atoms with Crippen molar-refractivity contribution in [2.45, 2.75) is 45.1 Å². The van der Waals surface area contributed by atoms with E-state index in [4.69, 9.17) is 9.47 Å². The number of anilines is 3. The standard InChI is InChI=1S/C32H38N4O5/c1-32(2,3)22-13-11-21(12-14-22)29(37)34-24-15-16-27(30(38)41-5)28(19-24)33-25-9-7-17-36(20-25)31(39)35-23-8-6-10-26(18-23)40-4/h6,8,10-16,18-19,25,33H,7,9,17,20H2,1-5H3,(H,34,37)(H,35,39). The zero-order chi connectivity index (χ0) is 29.6. The van der Waals surface area contributed by atoms with Crippen molar-refractivity contribution < 1.29 is 23.9 Å². The number of benzene rings is 3. The summed E-state index contributed by atoms with van der Waals surface area (Å²) < 4.78 is 10.2. The Morgan fingerprint density at radius 3 is 2.32 bits per heavy atom. The number of esters is 1. The van der Waals surface area contributed by atoms with Crippen LogP contribution in [0.5, 0.6) is 5.75 Å². The molecule has 3 aromatic carbocycles. The van der Waals surface area contributed by atoms with Crippen molar-refractivity contribution in [2.75, 3.05) is 43.3 Å². The van der Waals surface area contributed by atoms with Crippen LogP contribution in [0.4, 0.5) is 21.9 Å². The zero-order valence-electron chi connectivity index (χ0n) is 24.2. The summed E-state index contributed by atoms with van der Waals surface area (Å²) in [5.74, 6) is -0.0860. The van der Waals surface area contributed by atoms with Gasteiger partial charge in [0.15, 0.2) is 0 Å². The molecule has 1 saturated heterocycles. The summed E-state index contributed by atoms with van der Waals surface area (Å²) in [7, 11) is 2.91. The summed E-state index contributed by atoms with van der Waals surface area (Å²) in [5.41, 5.74) is 3.72. The highest BCUT2D eigenvalue weighted by Crippen LogP contribution is 2.27. The molecule has 1 atom stereocenters.